The Balaban J connectivity index is 3.48. The molecule has 1 unspecified atom stereocenters. The maximum atomic E-state index is 13.4. The molecule has 10 heteroatoms. The standard InChI is InChI=1S/C20H29FNO7P/c1-7-28-30(25,29-8-2)17(14-9-11-15(21)12-10-14)22-13-20(3,4)16(18(23)26-5)19(24)27-6/h9-13,16-17H,7-8H2,1-6H3/b22-13+. The van der Waals surface area contributed by atoms with E-state index >= 15 is 0 Å². The van der Waals surface area contributed by atoms with Crippen LogP contribution in [0.1, 0.15) is 39.0 Å². The summed E-state index contributed by atoms with van der Waals surface area (Å²) < 4.78 is 47.1. The summed E-state index contributed by atoms with van der Waals surface area (Å²) in [6.07, 6.45) is 1.32. The van der Waals surface area contributed by atoms with E-state index in [0.717, 1.165) is 14.2 Å². The van der Waals surface area contributed by atoms with E-state index in [1.807, 2.05) is 0 Å². The molecule has 1 aromatic carbocycles. The van der Waals surface area contributed by atoms with Gasteiger partial charge in [0.1, 0.15) is 5.82 Å². The van der Waals surface area contributed by atoms with Crippen LogP contribution in [-0.4, -0.2) is 45.6 Å². The van der Waals surface area contributed by atoms with Gasteiger partial charge in [0.05, 0.1) is 27.4 Å². The Morgan fingerprint density at radius 3 is 1.93 bits per heavy atom. The number of hydrogen-bond acceptors (Lipinski definition) is 8. The Morgan fingerprint density at radius 1 is 1.07 bits per heavy atom. The van der Waals surface area contributed by atoms with Gasteiger partial charge in [-0.15, -0.1) is 0 Å². The molecule has 0 heterocycles. The van der Waals surface area contributed by atoms with E-state index in [1.165, 1.54) is 30.5 Å². The fraction of sp³-hybridized carbons (Fsp3) is 0.550. The predicted octanol–water partition coefficient (Wildman–Crippen LogP) is 4.15. The quantitative estimate of drug-likeness (QED) is 0.218. The van der Waals surface area contributed by atoms with Gasteiger partial charge < -0.3 is 18.5 Å². The summed E-state index contributed by atoms with van der Waals surface area (Å²) in [5, 5.41) is 0. The third-order valence-corrected chi connectivity index (χ3v) is 6.52. The number of nitrogens with zero attached hydrogens (tertiary/aromatic N) is 1. The Bertz CT molecular complexity index is 769. The zero-order valence-corrected chi connectivity index (χ0v) is 19.0. The second-order valence-electron chi connectivity index (χ2n) is 6.88. The number of rotatable bonds is 11. The third kappa shape index (κ3) is 6.45. The molecule has 0 spiro atoms. The van der Waals surface area contributed by atoms with Gasteiger partial charge in [0, 0.05) is 11.6 Å². The van der Waals surface area contributed by atoms with Crippen LogP contribution in [0.5, 0.6) is 0 Å². The summed E-state index contributed by atoms with van der Waals surface area (Å²) in [6, 6.07) is 5.26. The molecule has 0 aliphatic carbocycles. The first-order chi connectivity index (χ1) is 14.1. The van der Waals surface area contributed by atoms with Gasteiger partial charge in [0.25, 0.3) is 0 Å². The largest absolute Gasteiger partial charge is 0.468 e. The fourth-order valence-corrected chi connectivity index (χ4v) is 4.64. The molecular formula is C20H29FNO7P. The van der Waals surface area contributed by atoms with E-state index in [4.69, 9.17) is 18.5 Å². The number of methoxy groups -OCH3 is 2. The van der Waals surface area contributed by atoms with E-state index in [2.05, 4.69) is 4.99 Å². The normalized spacial score (nSPS) is 13.5. The summed E-state index contributed by atoms with van der Waals surface area (Å²) in [5.74, 6) is -4.50. The van der Waals surface area contributed by atoms with Gasteiger partial charge in [0.15, 0.2) is 11.7 Å². The topological polar surface area (TPSA) is 100 Å². The average Bonchev–Trinajstić information content (AvgIpc) is 2.69. The molecule has 1 aromatic rings. The number of ether oxygens (including phenoxy) is 2. The lowest BCUT2D eigenvalue weighted by atomic mass is 9.79. The van der Waals surface area contributed by atoms with Crippen molar-refractivity contribution in [2.24, 2.45) is 16.3 Å². The first kappa shape index (κ1) is 25.9. The first-order valence-electron chi connectivity index (χ1n) is 9.40. The van der Waals surface area contributed by atoms with Gasteiger partial charge in [-0.05, 0) is 31.5 Å². The molecule has 8 nitrogen and oxygen atoms in total. The molecule has 0 saturated carbocycles. The molecule has 0 N–H and O–H groups in total. The molecule has 168 valence electrons. The molecule has 0 amide bonds. The predicted molar refractivity (Wildman–Crippen MR) is 110 cm³/mol. The second-order valence-corrected chi connectivity index (χ2v) is 8.96. The number of hydrogen-bond donors (Lipinski definition) is 0. The van der Waals surface area contributed by atoms with Crippen molar-refractivity contribution in [2.75, 3.05) is 27.4 Å². The molecule has 0 aliphatic heterocycles. The zero-order valence-electron chi connectivity index (χ0n) is 18.1. The Labute approximate surface area is 176 Å². The van der Waals surface area contributed by atoms with Gasteiger partial charge >= 0.3 is 19.5 Å². The summed E-state index contributed by atoms with van der Waals surface area (Å²) in [5.41, 5.74) is -0.775. The van der Waals surface area contributed by atoms with E-state index in [-0.39, 0.29) is 13.2 Å². The van der Waals surface area contributed by atoms with Crippen LogP contribution >= 0.6 is 7.60 Å². The van der Waals surface area contributed by atoms with Crippen molar-refractivity contribution in [2.45, 2.75) is 33.5 Å². The molecule has 0 radical (unpaired) electrons. The van der Waals surface area contributed by atoms with Crippen LogP contribution in [0.3, 0.4) is 0 Å². The highest BCUT2D eigenvalue weighted by Gasteiger charge is 2.43. The van der Waals surface area contributed by atoms with Crippen LogP contribution in [0.15, 0.2) is 29.3 Å². The first-order valence-corrected chi connectivity index (χ1v) is 11.0. The van der Waals surface area contributed by atoms with Crippen LogP contribution in [0.4, 0.5) is 4.39 Å². The number of aliphatic imine (C=N–C) groups is 1. The SMILES string of the molecule is CCOP(=O)(OCC)C(/N=C/C(C)(C)C(C(=O)OC)C(=O)OC)c1ccc(F)cc1. The van der Waals surface area contributed by atoms with Gasteiger partial charge in [-0.1, -0.05) is 26.0 Å². The zero-order chi connectivity index (χ0) is 22.9. The Kier molecular flexibility index (Phi) is 9.81. The molecule has 1 rings (SSSR count). The average molecular weight is 445 g/mol. The highest BCUT2D eigenvalue weighted by Crippen LogP contribution is 2.61. The van der Waals surface area contributed by atoms with Crippen molar-refractivity contribution in [3.63, 3.8) is 0 Å². The number of carbonyl (C=O) groups is 2. The van der Waals surface area contributed by atoms with Gasteiger partial charge in [-0.25, -0.2) is 4.39 Å². The highest BCUT2D eigenvalue weighted by atomic mass is 31.2. The summed E-state index contributed by atoms with van der Waals surface area (Å²) in [4.78, 5) is 28.7. The second kappa shape index (κ2) is 11.3. The molecule has 0 aromatic heterocycles. The van der Waals surface area contributed by atoms with Crippen LogP contribution in [-0.2, 0) is 32.7 Å². The van der Waals surface area contributed by atoms with Crippen LogP contribution in [0.25, 0.3) is 0 Å². The molecule has 0 saturated heterocycles. The Morgan fingerprint density at radius 2 is 1.53 bits per heavy atom. The minimum Gasteiger partial charge on any atom is -0.468 e. The third-order valence-electron chi connectivity index (χ3n) is 4.25. The van der Waals surface area contributed by atoms with E-state index < -0.39 is 42.5 Å². The lowest BCUT2D eigenvalue weighted by molar-refractivity contribution is -0.162. The monoisotopic (exact) mass is 445 g/mol. The van der Waals surface area contributed by atoms with Crippen molar-refractivity contribution in [1.29, 1.82) is 0 Å². The van der Waals surface area contributed by atoms with E-state index in [9.17, 15) is 18.5 Å². The molecule has 30 heavy (non-hydrogen) atoms. The van der Waals surface area contributed by atoms with Gasteiger partial charge in [-0.2, -0.15) is 0 Å². The van der Waals surface area contributed by atoms with Crippen LogP contribution < -0.4 is 0 Å². The molecule has 0 fully saturated rings. The lowest BCUT2D eigenvalue weighted by Gasteiger charge is -2.28. The fourth-order valence-electron chi connectivity index (χ4n) is 2.80. The van der Waals surface area contributed by atoms with E-state index in [1.54, 1.807) is 27.7 Å². The number of benzene rings is 1. The highest BCUT2D eigenvalue weighted by molar-refractivity contribution is 7.54. The van der Waals surface area contributed by atoms with Crippen molar-refractivity contribution < 1.29 is 37.1 Å². The van der Waals surface area contributed by atoms with E-state index in [0.29, 0.717) is 5.56 Å². The van der Waals surface area contributed by atoms with Crippen molar-refractivity contribution in [3.8, 4) is 0 Å². The maximum absolute atomic E-state index is 13.4. The van der Waals surface area contributed by atoms with Crippen LogP contribution in [0, 0.1) is 17.2 Å². The summed E-state index contributed by atoms with van der Waals surface area (Å²) in [6.45, 7) is 6.69. The van der Waals surface area contributed by atoms with Gasteiger partial charge in [-0.3, -0.25) is 19.1 Å². The molecule has 0 bridgehead atoms. The van der Waals surface area contributed by atoms with Crippen molar-refractivity contribution >= 4 is 25.7 Å². The molecule has 1 atom stereocenters. The van der Waals surface area contributed by atoms with Gasteiger partial charge in [0.2, 0.25) is 0 Å². The Hall–Kier alpha value is -2.09. The number of halogens is 1. The summed E-state index contributed by atoms with van der Waals surface area (Å²) in [7, 11) is -1.48. The number of esters is 2. The lowest BCUT2D eigenvalue weighted by Crippen LogP contribution is -2.40. The minimum absolute atomic E-state index is 0.0980. The minimum atomic E-state index is -3.80. The molecule has 0 aliphatic rings. The smallest absolute Gasteiger partial charge is 0.359 e. The summed E-state index contributed by atoms with van der Waals surface area (Å²) >= 11 is 0. The van der Waals surface area contributed by atoms with Crippen molar-refractivity contribution in [1.82, 2.24) is 0 Å². The van der Waals surface area contributed by atoms with Crippen LogP contribution in [0.2, 0.25) is 0 Å². The molecular weight excluding hydrogens is 416 g/mol. The number of carbonyl (C=O) groups excluding carboxylic acids is 2. The van der Waals surface area contributed by atoms with Crippen molar-refractivity contribution in [3.05, 3.63) is 35.6 Å². The maximum Gasteiger partial charge on any atom is 0.359 e.